The molecule has 0 spiro atoms. The van der Waals surface area contributed by atoms with Crippen molar-refractivity contribution in [3.8, 4) is 0 Å². The number of halogens is 1. The van der Waals surface area contributed by atoms with Crippen LogP contribution in [0.1, 0.15) is 26.3 Å². The molecule has 0 aliphatic carbocycles. The molecule has 1 aliphatic rings. The minimum Gasteiger partial charge on any atom is -0.399 e. The quantitative estimate of drug-likeness (QED) is 0.647. The monoisotopic (exact) mass is 286 g/mol. The van der Waals surface area contributed by atoms with Crippen LogP contribution >= 0.6 is 11.6 Å². The molecule has 2 N–H and O–H groups in total. The lowest BCUT2D eigenvalue weighted by molar-refractivity contribution is 0.0926. The molecule has 0 atom stereocenters. The molecule has 4 nitrogen and oxygen atoms in total. The Kier molecular flexibility index (Phi) is 2.76. The van der Waals surface area contributed by atoms with Crippen molar-refractivity contribution in [2.45, 2.75) is 6.92 Å². The molecule has 2 aromatic rings. The molecule has 0 fully saturated rings. The number of benzene rings is 2. The number of fused-ring (bicyclic) bond motifs is 1. The van der Waals surface area contributed by atoms with Crippen LogP contribution in [0.5, 0.6) is 0 Å². The number of aryl methyl sites for hydroxylation is 1. The van der Waals surface area contributed by atoms with E-state index < -0.39 is 5.91 Å². The van der Waals surface area contributed by atoms with Crippen LogP contribution in [0.2, 0.25) is 5.02 Å². The van der Waals surface area contributed by atoms with Crippen LogP contribution in [0, 0.1) is 6.92 Å². The third kappa shape index (κ3) is 1.77. The number of nitrogens with zero attached hydrogens (tertiary/aromatic N) is 1. The summed E-state index contributed by atoms with van der Waals surface area (Å²) in [5, 5.41) is 0.368. The summed E-state index contributed by atoms with van der Waals surface area (Å²) in [6.07, 6.45) is 0. The first kappa shape index (κ1) is 12.7. The third-order valence-electron chi connectivity index (χ3n) is 3.25. The summed E-state index contributed by atoms with van der Waals surface area (Å²) in [6.45, 7) is 1.89. The van der Waals surface area contributed by atoms with Gasteiger partial charge >= 0.3 is 0 Å². The number of nitrogens with two attached hydrogens (primary N) is 1. The maximum Gasteiger partial charge on any atom is 0.266 e. The van der Waals surface area contributed by atoms with Gasteiger partial charge in [-0.05, 0) is 42.8 Å². The van der Waals surface area contributed by atoms with Crippen molar-refractivity contribution in [3.63, 3.8) is 0 Å². The SMILES string of the molecule is Cc1ccc(N2C(=O)c3ccc(N)cc3C2=O)c(Cl)c1. The van der Waals surface area contributed by atoms with E-state index in [-0.39, 0.29) is 5.91 Å². The molecule has 2 amide bonds. The zero-order valence-electron chi connectivity index (χ0n) is 10.7. The Labute approximate surface area is 120 Å². The number of anilines is 2. The van der Waals surface area contributed by atoms with Gasteiger partial charge < -0.3 is 5.73 Å². The van der Waals surface area contributed by atoms with Crippen molar-refractivity contribution in [1.29, 1.82) is 0 Å². The zero-order valence-corrected chi connectivity index (χ0v) is 11.4. The predicted molar refractivity (Wildman–Crippen MR) is 78.2 cm³/mol. The van der Waals surface area contributed by atoms with Gasteiger partial charge in [-0.3, -0.25) is 9.59 Å². The second kappa shape index (κ2) is 4.35. The largest absolute Gasteiger partial charge is 0.399 e. The lowest BCUT2D eigenvalue weighted by Gasteiger charge is -2.15. The maximum absolute atomic E-state index is 12.4. The van der Waals surface area contributed by atoms with Crippen molar-refractivity contribution < 1.29 is 9.59 Å². The molecule has 1 aliphatic heterocycles. The minimum absolute atomic E-state index is 0.312. The second-order valence-electron chi connectivity index (χ2n) is 4.71. The summed E-state index contributed by atoms with van der Waals surface area (Å²) in [5.41, 5.74) is 8.12. The van der Waals surface area contributed by atoms with E-state index in [4.69, 9.17) is 17.3 Å². The highest BCUT2D eigenvalue weighted by atomic mass is 35.5. The number of hydrogen-bond acceptors (Lipinski definition) is 3. The normalized spacial score (nSPS) is 13.8. The van der Waals surface area contributed by atoms with Crippen LogP contribution in [0.4, 0.5) is 11.4 Å². The van der Waals surface area contributed by atoms with E-state index in [0.29, 0.717) is 27.5 Å². The van der Waals surface area contributed by atoms with Gasteiger partial charge in [-0.15, -0.1) is 0 Å². The van der Waals surface area contributed by atoms with Crippen LogP contribution in [0.3, 0.4) is 0 Å². The number of carbonyl (C=O) groups is 2. The first-order valence-corrected chi connectivity index (χ1v) is 6.41. The van der Waals surface area contributed by atoms with Gasteiger partial charge in [-0.25, -0.2) is 4.90 Å². The molecule has 0 saturated carbocycles. The van der Waals surface area contributed by atoms with Crippen molar-refractivity contribution >= 4 is 34.8 Å². The van der Waals surface area contributed by atoms with Crippen molar-refractivity contribution in [2.75, 3.05) is 10.6 Å². The van der Waals surface area contributed by atoms with Gasteiger partial charge in [-0.1, -0.05) is 17.7 Å². The second-order valence-corrected chi connectivity index (χ2v) is 5.11. The summed E-state index contributed by atoms with van der Waals surface area (Å²) in [6, 6.07) is 9.87. The van der Waals surface area contributed by atoms with E-state index in [1.54, 1.807) is 30.3 Å². The first-order chi connectivity index (χ1) is 9.49. The topological polar surface area (TPSA) is 63.4 Å². The van der Waals surface area contributed by atoms with Crippen LogP contribution < -0.4 is 10.6 Å². The molecule has 20 heavy (non-hydrogen) atoms. The summed E-state index contributed by atoms with van der Waals surface area (Å²) < 4.78 is 0. The summed E-state index contributed by atoms with van der Waals surface area (Å²) >= 11 is 6.14. The van der Waals surface area contributed by atoms with Crippen LogP contribution in [0.15, 0.2) is 36.4 Å². The lowest BCUT2D eigenvalue weighted by Crippen LogP contribution is -2.29. The molecule has 100 valence electrons. The highest BCUT2D eigenvalue weighted by Crippen LogP contribution is 2.34. The Hall–Kier alpha value is -2.33. The molecule has 0 unspecified atom stereocenters. The smallest absolute Gasteiger partial charge is 0.266 e. The van der Waals surface area contributed by atoms with E-state index in [1.807, 2.05) is 6.92 Å². The molecular formula is C15H11ClN2O2. The van der Waals surface area contributed by atoms with Gasteiger partial charge in [0.2, 0.25) is 0 Å². The van der Waals surface area contributed by atoms with E-state index in [9.17, 15) is 9.59 Å². The Morgan fingerprint density at radius 3 is 2.40 bits per heavy atom. The summed E-state index contributed by atoms with van der Waals surface area (Å²) in [5.74, 6) is -0.779. The maximum atomic E-state index is 12.4. The summed E-state index contributed by atoms with van der Waals surface area (Å²) in [4.78, 5) is 25.8. The molecule has 5 heteroatoms. The fourth-order valence-corrected chi connectivity index (χ4v) is 2.59. The van der Waals surface area contributed by atoms with E-state index >= 15 is 0 Å². The number of nitrogen functional groups attached to an aromatic ring is 1. The van der Waals surface area contributed by atoms with Gasteiger partial charge in [0.15, 0.2) is 0 Å². The standard InChI is InChI=1S/C15H11ClN2O2/c1-8-2-5-13(12(16)6-8)18-14(19)10-4-3-9(17)7-11(10)15(18)20/h2-7H,17H2,1H3. The average molecular weight is 287 g/mol. The van der Waals surface area contributed by atoms with E-state index in [1.165, 1.54) is 6.07 Å². The number of amides is 2. The third-order valence-corrected chi connectivity index (χ3v) is 3.56. The predicted octanol–water partition coefficient (Wildman–Crippen LogP) is 3.03. The van der Waals surface area contributed by atoms with Crippen molar-refractivity contribution in [2.24, 2.45) is 0 Å². The Balaban J connectivity index is 2.14. The van der Waals surface area contributed by atoms with Crippen molar-refractivity contribution in [3.05, 3.63) is 58.1 Å². The number of hydrogen-bond donors (Lipinski definition) is 1. The van der Waals surface area contributed by atoms with Gasteiger partial charge in [0.1, 0.15) is 0 Å². The van der Waals surface area contributed by atoms with Gasteiger partial charge in [0.05, 0.1) is 21.8 Å². The molecule has 0 radical (unpaired) electrons. The Bertz CT molecular complexity index is 756. The fourth-order valence-electron chi connectivity index (χ4n) is 2.27. The molecule has 0 saturated heterocycles. The minimum atomic E-state index is -0.400. The van der Waals surface area contributed by atoms with Gasteiger partial charge in [0.25, 0.3) is 11.8 Å². The molecule has 0 bridgehead atoms. The van der Waals surface area contributed by atoms with Gasteiger partial charge in [-0.2, -0.15) is 0 Å². The van der Waals surface area contributed by atoms with Crippen LogP contribution in [0.25, 0.3) is 0 Å². The Morgan fingerprint density at radius 1 is 1.00 bits per heavy atom. The molecule has 0 aromatic heterocycles. The molecule has 3 rings (SSSR count). The Morgan fingerprint density at radius 2 is 1.70 bits per heavy atom. The highest BCUT2D eigenvalue weighted by molar-refractivity contribution is 6.39. The van der Waals surface area contributed by atoms with E-state index in [0.717, 1.165) is 10.5 Å². The lowest BCUT2D eigenvalue weighted by atomic mass is 10.1. The molecule has 1 heterocycles. The fraction of sp³-hybridized carbons (Fsp3) is 0.0667. The average Bonchev–Trinajstić information content (AvgIpc) is 2.63. The van der Waals surface area contributed by atoms with Crippen LogP contribution in [-0.2, 0) is 0 Å². The summed E-state index contributed by atoms with van der Waals surface area (Å²) in [7, 11) is 0. The first-order valence-electron chi connectivity index (χ1n) is 6.03. The highest BCUT2D eigenvalue weighted by Gasteiger charge is 2.37. The number of imide groups is 1. The van der Waals surface area contributed by atoms with E-state index in [2.05, 4.69) is 0 Å². The number of rotatable bonds is 1. The zero-order chi connectivity index (χ0) is 14.4. The molecule has 2 aromatic carbocycles. The number of carbonyl (C=O) groups excluding carboxylic acids is 2. The van der Waals surface area contributed by atoms with Crippen molar-refractivity contribution in [1.82, 2.24) is 0 Å². The molecular weight excluding hydrogens is 276 g/mol. The van der Waals surface area contributed by atoms with Gasteiger partial charge in [0, 0.05) is 5.69 Å². The van der Waals surface area contributed by atoms with Crippen LogP contribution in [-0.4, -0.2) is 11.8 Å².